The number of carbonyl (C=O) groups is 1. The highest BCUT2D eigenvalue weighted by molar-refractivity contribution is 5.72. The van der Waals surface area contributed by atoms with Crippen LogP contribution in [0.1, 0.15) is 5.69 Å². The van der Waals surface area contributed by atoms with Crippen molar-refractivity contribution in [2.45, 2.75) is 6.42 Å². The smallest absolute Gasteiger partial charge is 0.308 e. The van der Waals surface area contributed by atoms with E-state index in [0.717, 1.165) is 11.5 Å². The molecule has 1 aromatic heterocycles. The molecule has 2 rings (SSSR count). The Hall–Kier alpha value is -1.59. The van der Waals surface area contributed by atoms with Crippen LogP contribution in [0.2, 0.25) is 0 Å². The lowest BCUT2D eigenvalue weighted by Gasteiger charge is -2.19. The molecular formula is C7H10N4O2. The summed E-state index contributed by atoms with van der Waals surface area (Å²) in [5, 5.41) is 19.5. The van der Waals surface area contributed by atoms with Crippen molar-refractivity contribution in [3.63, 3.8) is 0 Å². The van der Waals surface area contributed by atoms with Crippen LogP contribution in [0.5, 0.6) is 0 Å². The first-order chi connectivity index (χ1) is 6.18. The SMILES string of the molecule is Cn1nnc2c1NCC(C(=O)O)C2. The van der Waals surface area contributed by atoms with Crippen LogP contribution in [0.3, 0.4) is 0 Å². The minimum Gasteiger partial charge on any atom is -0.481 e. The first kappa shape index (κ1) is 8.03. The molecule has 0 saturated heterocycles. The molecule has 2 heterocycles. The van der Waals surface area contributed by atoms with Gasteiger partial charge in [-0.05, 0) is 0 Å². The van der Waals surface area contributed by atoms with Gasteiger partial charge in [0.15, 0.2) is 0 Å². The van der Waals surface area contributed by atoms with E-state index in [4.69, 9.17) is 5.11 Å². The van der Waals surface area contributed by atoms with Crippen molar-refractivity contribution >= 4 is 11.8 Å². The average molecular weight is 182 g/mol. The fraction of sp³-hybridized carbons (Fsp3) is 0.571. The molecule has 0 aliphatic carbocycles. The van der Waals surface area contributed by atoms with E-state index in [-0.39, 0.29) is 5.92 Å². The lowest BCUT2D eigenvalue weighted by molar-refractivity contribution is -0.141. The first-order valence-electron chi connectivity index (χ1n) is 4.03. The summed E-state index contributed by atoms with van der Waals surface area (Å²) in [5.41, 5.74) is 0.737. The van der Waals surface area contributed by atoms with Crippen molar-refractivity contribution in [3.8, 4) is 0 Å². The molecule has 0 bridgehead atoms. The number of hydrogen-bond acceptors (Lipinski definition) is 4. The van der Waals surface area contributed by atoms with Gasteiger partial charge in [-0.1, -0.05) is 5.21 Å². The quantitative estimate of drug-likeness (QED) is 0.611. The van der Waals surface area contributed by atoms with Gasteiger partial charge in [-0.15, -0.1) is 5.10 Å². The van der Waals surface area contributed by atoms with Gasteiger partial charge >= 0.3 is 5.97 Å². The number of aromatic nitrogens is 3. The maximum Gasteiger partial charge on any atom is 0.308 e. The number of anilines is 1. The maximum absolute atomic E-state index is 10.7. The molecule has 0 amide bonds. The predicted molar refractivity (Wildman–Crippen MR) is 44.3 cm³/mol. The Labute approximate surface area is 74.6 Å². The zero-order valence-electron chi connectivity index (χ0n) is 7.19. The second-order valence-electron chi connectivity index (χ2n) is 3.13. The maximum atomic E-state index is 10.7. The van der Waals surface area contributed by atoms with Crippen molar-refractivity contribution in [2.75, 3.05) is 11.9 Å². The molecule has 1 aromatic rings. The molecule has 1 aliphatic rings. The van der Waals surface area contributed by atoms with Crippen LogP contribution in [0.25, 0.3) is 0 Å². The summed E-state index contributed by atoms with van der Waals surface area (Å²) in [4.78, 5) is 10.7. The minimum absolute atomic E-state index is 0.385. The van der Waals surface area contributed by atoms with Crippen molar-refractivity contribution in [2.24, 2.45) is 13.0 Å². The molecule has 6 heteroatoms. The Morgan fingerprint density at radius 3 is 3.23 bits per heavy atom. The number of hydrogen-bond donors (Lipinski definition) is 2. The van der Waals surface area contributed by atoms with E-state index in [1.165, 1.54) is 0 Å². The largest absolute Gasteiger partial charge is 0.481 e. The van der Waals surface area contributed by atoms with E-state index in [2.05, 4.69) is 15.6 Å². The van der Waals surface area contributed by atoms with Crippen molar-refractivity contribution in [1.82, 2.24) is 15.0 Å². The van der Waals surface area contributed by atoms with E-state index in [0.29, 0.717) is 13.0 Å². The van der Waals surface area contributed by atoms with Crippen LogP contribution in [-0.2, 0) is 18.3 Å². The van der Waals surface area contributed by atoms with Gasteiger partial charge < -0.3 is 10.4 Å². The molecule has 2 N–H and O–H groups in total. The molecule has 6 nitrogen and oxygen atoms in total. The van der Waals surface area contributed by atoms with Crippen LogP contribution >= 0.6 is 0 Å². The third kappa shape index (κ3) is 1.24. The third-order valence-electron chi connectivity index (χ3n) is 2.20. The Morgan fingerprint density at radius 2 is 2.54 bits per heavy atom. The molecule has 13 heavy (non-hydrogen) atoms. The molecule has 0 saturated carbocycles. The summed E-state index contributed by atoms with van der Waals surface area (Å²) in [7, 11) is 1.78. The lowest BCUT2D eigenvalue weighted by atomic mass is 10.0. The Kier molecular flexibility index (Phi) is 1.68. The van der Waals surface area contributed by atoms with Crippen molar-refractivity contribution < 1.29 is 9.90 Å². The second kappa shape index (κ2) is 2.72. The van der Waals surface area contributed by atoms with Gasteiger partial charge in [0.2, 0.25) is 0 Å². The number of rotatable bonds is 1. The molecule has 1 atom stereocenters. The van der Waals surface area contributed by atoms with E-state index in [9.17, 15) is 4.79 Å². The summed E-state index contributed by atoms with van der Waals surface area (Å²) in [6, 6.07) is 0. The van der Waals surface area contributed by atoms with Crippen LogP contribution in [0.4, 0.5) is 5.82 Å². The summed E-state index contributed by atoms with van der Waals surface area (Å²) in [6.45, 7) is 0.448. The van der Waals surface area contributed by atoms with Crippen LogP contribution in [0, 0.1) is 5.92 Å². The van der Waals surface area contributed by atoms with Gasteiger partial charge in [0.1, 0.15) is 11.5 Å². The minimum atomic E-state index is -0.788. The van der Waals surface area contributed by atoms with Gasteiger partial charge in [0.25, 0.3) is 0 Å². The first-order valence-corrected chi connectivity index (χ1v) is 4.03. The molecule has 0 aromatic carbocycles. The average Bonchev–Trinajstić information content (AvgIpc) is 2.47. The summed E-state index contributed by atoms with van der Waals surface area (Å²) in [5.74, 6) is -0.342. The highest BCUT2D eigenvalue weighted by atomic mass is 16.4. The number of nitrogens with one attached hydrogen (secondary N) is 1. The number of nitrogens with zero attached hydrogens (tertiary/aromatic N) is 3. The zero-order chi connectivity index (χ0) is 9.42. The third-order valence-corrected chi connectivity index (χ3v) is 2.20. The van der Waals surface area contributed by atoms with E-state index < -0.39 is 5.97 Å². The zero-order valence-corrected chi connectivity index (χ0v) is 7.19. The molecule has 0 spiro atoms. The van der Waals surface area contributed by atoms with Crippen LogP contribution in [-0.4, -0.2) is 32.6 Å². The summed E-state index contributed by atoms with van der Waals surface area (Å²) < 4.78 is 1.62. The molecule has 0 fully saturated rings. The highest BCUT2D eigenvalue weighted by Gasteiger charge is 2.27. The summed E-state index contributed by atoms with van der Waals surface area (Å²) >= 11 is 0. The Bertz CT molecular complexity index is 346. The van der Waals surface area contributed by atoms with Gasteiger partial charge in [0, 0.05) is 20.0 Å². The fourth-order valence-electron chi connectivity index (χ4n) is 1.45. The van der Waals surface area contributed by atoms with Gasteiger partial charge in [0.05, 0.1) is 5.92 Å². The number of fused-ring (bicyclic) bond motifs is 1. The molecule has 1 unspecified atom stereocenters. The van der Waals surface area contributed by atoms with E-state index >= 15 is 0 Å². The number of carboxylic acid groups (broad SMARTS) is 1. The number of carboxylic acids is 1. The monoisotopic (exact) mass is 182 g/mol. The van der Waals surface area contributed by atoms with Crippen LogP contribution < -0.4 is 5.32 Å². The van der Waals surface area contributed by atoms with Crippen molar-refractivity contribution in [1.29, 1.82) is 0 Å². The molecule has 70 valence electrons. The molecule has 0 radical (unpaired) electrons. The van der Waals surface area contributed by atoms with Gasteiger partial charge in [-0.3, -0.25) is 4.79 Å². The Morgan fingerprint density at radius 1 is 1.77 bits per heavy atom. The fourth-order valence-corrected chi connectivity index (χ4v) is 1.45. The topological polar surface area (TPSA) is 80.0 Å². The van der Waals surface area contributed by atoms with E-state index in [1.54, 1.807) is 11.7 Å². The molecule has 1 aliphatic heterocycles. The van der Waals surface area contributed by atoms with Gasteiger partial charge in [-0.25, -0.2) is 4.68 Å². The number of aliphatic carboxylic acids is 1. The second-order valence-corrected chi connectivity index (χ2v) is 3.13. The van der Waals surface area contributed by atoms with E-state index in [1.807, 2.05) is 0 Å². The van der Waals surface area contributed by atoms with Crippen LogP contribution in [0.15, 0.2) is 0 Å². The standard InChI is InChI=1S/C7H10N4O2/c1-11-6-5(9-10-11)2-4(3-8-6)7(12)13/h4,8H,2-3H2,1H3,(H,12,13). The lowest BCUT2D eigenvalue weighted by Crippen LogP contribution is -2.30. The Balaban J connectivity index is 2.25. The highest BCUT2D eigenvalue weighted by Crippen LogP contribution is 2.21. The normalized spacial score (nSPS) is 20.5. The van der Waals surface area contributed by atoms with Crippen molar-refractivity contribution in [3.05, 3.63) is 5.69 Å². The van der Waals surface area contributed by atoms with Gasteiger partial charge in [-0.2, -0.15) is 0 Å². The number of aryl methyl sites for hydroxylation is 1. The predicted octanol–water partition coefficient (Wildman–Crippen LogP) is -0.516. The summed E-state index contributed by atoms with van der Waals surface area (Å²) in [6.07, 6.45) is 0.464. The molecular weight excluding hydrogens is 172 g/mol.